The van der Waals surface area contributed by atoms with Crippen molar-refractivity contribution in [3.8, 4) is 0 Å². The summed E-state index contributed by atoms with van der Waals surface area (Å²) in [6, 6.07) is 16.5. The van der Waals surface area contributed by atoms with Gasteiger partial charge < -0.3 is 9.16 Å². The van der Waals surface area contributed by atoms with Gasteiger partial charge in [0.15, 0.2) is 8.32 Å². The van der Waals surface area contributed by atoms with Crippen LogP contribution in [0.2, 0.25) is 18.1 Å². The van der Waals surface area contributed by atoms with E-state index in [0.717, 1.165) is 24.0 Å². The largest absolute Gasteiger partial charge is 0.444 e. The predicted octanol–water partition coefficient (Wildman–Crippen LogP) is 7.67. The second-order valence-electron chi connectivity index (χ2n) is 12.5. The average Bonchev–Trinajstić information content (AvgIpc) is 3.20. The van der Waals surface area contributed by atoms with Crippen molar-refractivity contribution >= 4 is 20.1 Å². The summed E-state index contributed by atoms with van der Waals surface area (Å²) in [6.07, 6.45) is 1.55. The van der Waals surface area contributed by atoms with Crippen molar-refractivity contribution in [1.29, 1.82) is 0 Å². The first-order valence-corrected chi connectivity index (χ1v) is 16.0. The number of benzene rings is 2. The Hall–Kier alpha value is -2.71. The standard InChI is InChI=1S/C29H42N2O5Si/c1-28(2,3)35-27(32)30-24(20-21-14-16-23(17-15-21)31(33)34)18-19-25(30)26(22-12-10-9-11-13-22)36-37(7,8)29(4,5)6/h9-17,24-26H,18-20H2,1-8H3/t24-,25+,26+/m0/s1. The summed E-state index contributed by atoms with van der Waals surface area (Å²) in [6.45, 7) is 16.8. The van der Waals surface area contributed by atoms with Crippen molar-refractivity contribution < 1.29 is 18.9 Å². The van der Waals surface area contributed by atoms with Gasteiger partial charge in [-0.1, -0.05) is 63.2 Å². The minimum atomic E-state index is -2.19. The number of carbonyl (C=O) groups excluding carboxylic acids is 1. The van der Waals surface area contributed by atoms with Crippen molar-refractivity contribution in [2.75, 3.05) is 0 Å². The maximum atomic E-state index is 13.7. The number of amides is 1. The quantitative estimate of drug-likeness (QED) is 0.210. The third kappa shape index (κ3) is 7.20. The van der Waals surface area contributed by atoms with Gasteiger partial charge in [-0.05, 0) is 69.3 Å². The fourth-order valence-electron chi connectivity index (χ4n) is 4.54. The zero-order valence-corrected chi connectivity index (χ0v) is 24.5. The highest BCUT2D eigenvalue weighted by molar-refractivity contribution is 6.74. The minimum absolute atomic E-state index is 0.00748. The number of nitrogens with zero attached hydrogens (tertiary/aromatic N) is 2. The lowest BCUT2D eigenvalue weighted by atomic mass is 10.0. The van der Waals surface area contributed by atoms with Crippen LogP contribution in [0.25, 0.3) is 0 Å². The van der Waals surface area contributed by atoms with Crippen molar-refractivity contribution in [1.82, 2.24) is 4.90 Å². The third-order valence-electron chi connectivity index (χ3n) is 7.47. The number of carbonyl (C=O) groups is 1. The maximum absolute atomic E-state index is 13.7. The maximum Gasteiger partial charge on any atom is 0.410 e. The number of nitro groups is 1. The minimum Gasteiger partial charge on any atom is -0.444 e. The molecule has 0 unspecified atom stereocenters. The van der Waals surface area contributed by atoms with E-state index in [0.29, 0.717) is 6.42 Å². The molecule has 1 aliphatic heterocycles. The number of hydrogen-bond acceptors (Lipinski definition) is 5. The molecule has 1 amide bonds. The van der Waals surface area contributed by atoms with E-state index in [1.54, 1.807) is 12.1 Å². The molecule has 1 aliphatic rings. The first kappa shape index (κ1) is 28.9. The topological polar surface area (TPSA) is 81.9 Å². The van der Waals surface area contributed by atoms with Gasteiger partial charge in [0, 0.05) is 18.2 Å². The first-order chi connectivity index (χ1) is 17.1. The molecule has 37 heavy (non-hydrogen) atoms. The second-order valence-corrected chi connectivity index (χ2v) is 17.3. The molecule has 1 heterocycles. The first-order valence-electron chi connectivity index (χ1n) is 13.1. The van der Waals surface area contributed by atoms with E-state index in [2.05, 4.69) is 46.0 Å². The Kier molecular flexibility index (Phi) is 8.54. The molecule has 1 saturated heterocycles. The number of non-ortho nitro benzene ring substituents is 1. The van der Waals surface area contributed by atoms with Crippen LogP contribution in [0.4, 0.5) is 10.5 Å². The third-order valence-corrected chi connectivity index (χ3v) is 11.9. The van der Waals surface area contributed by atoms with Crippen LogP contribution in [0.15, 0.2) is 54.6 Å². The fraction of sp³-hybridized carbons (Fsp3) is 0.552. The SMILES string of the molecule is CC(C)(C)OC(=O)N1[C@H](Cc2ccc([N+](=O)[O-])cc2)CC[C@@H]1[C@H](O[Si](C)(C)C(C)(C)C)c1ccccc1. The fourth-order valence-corrected chi connectivity index (χ4v) is 5.82. The number of ether oxygens (including phenoxy) is 1. The van der Waals surface area contributed by atoms with Crippen LogP contribution >= 0.6 is 0 Å². The van der Waals surface area contributed by atoms with Crippen LogP contribution in [0.5, 0.6) is 0 Å². The van der Waals surface area contributed by atoms with E-state index < -0.39 is 18.8 Å². The second kappa shape index (κ2) is 11.0. The molecule has 0 bridgehead atoms. The Balaban J connectivity index is 1.99. The summed E-state index contributed by atoms with van der Waals surface area (Å²) in [4.78, 5) is 26.3. The van der Waals surface area contributed by atoms with Crippen molar-refractivity contribution in [2.24, 2.45) is 0 Å². The van der Waals surface area contributed by atoms with Gasteiger partial charge in [-0.3, -0.25) is 15.0 Å². The lowest BCUT2D eigenvalue weighted by Crippen LogP contribution is -2.50. The molecular formula is C29H42N2O5Si. The highest BCUT2D eigenvalue weighted by Crippen LogP contribution is 2.44. The molecule has 2 aromatic rings. The number of likely N-dealkylation sites (tertiary alicyclic amines) is 1. The summed E-state index contributed by atoms with van der Waals surface area (Å²) in [5.74, 6) is 0. The van der Waals surface area contributed by atoms with E-state index >= 15 is 0 Å². The number of rotatable bonds is 7. The normalized spacial score (nSPS) is 19.5. The van der Waals surface area contributed by atoms with Crippen LogP contribution in [-0.2, 0) is 15.6 Å². The summed E-state index contributed by atoms with van der Waals surface area (Å²) in [5, 5.41) is 11.1. The zero-order chi connectivity index (χ0) is 27.6. The summed E-state index contributed by atoms with van der Waals surface area (Å²) in [5.41, 5.74) is 1.43. The number of nitro benzene ring substituents is 1. The van der Waals surface area contributed by atoms with E-state index in [1.165, 1.54) is 12.1 Å². The van der Waals surface area contributed by atoms with E-state index in [9.17, 15) is 14.9 Å². The van der Waals surface area contributed by atoms with Gasteiger partial charge in [0.2, 0.25) is 0 Å². The van der Waals surface area contributed by atoms with Crippen LogP contribution in [-0.4, -0.2) is 41.9 Å². The van der Waals surface area contributed by atoms with Gasteiger partial charge in [-0.15, -0.1) is 0 Å². The Bertz CT molecular complexity index is 1070. The number of hydrogen-bond donors (Lipinski definition) is 0. The Labute approximate surface area is 222 Å². The van der Waals surface area contributed by atoms with Gasteiger partial charge in [-0.2, -0.15) is 0 Å². The Morgan fingerprint density at radius 2 is 1.62 bits per heavy atom. The van der Waals surface area contributed by atoms with Crippen LogP contribution in [0, 0.1) is 10.1 Å². The zero-order valence-electron chi connectivity index (χ0n) is 23.5. The lowest BCUT2D eigenvalue weighted by Gasteiger charge is -2.43. The monoisotopic (exact) mass is 526 g/mol. The van der Waals surface area contributed by atoms with Gasteiger partial charge in [0.25, 0.3) is 5.69 Å². The molecule has 0 aliphatic carbocycles. The lowest BCUT2D eigenvalue weighted by molar-refractivity contribution is -0.384. The summed E-state index contributed by atoms with van der Waals surface area (Å²) < 4.78 is 12.9. The molecule has 1 fully saturated rings. The van der Waals surface area contributed by atoms with Crippen molar-refractivity contribution in [2.45, 2.75) is 103 Å². The molecule has 0 saturated carbocycles. The van der Waals surface area contributed by atoms with Gasteiger partial charge >= 0.3 is 6.09 Å². The molecule has 202 valence electrons. The molecule has 2 aromatic carbocycles. The smallest absolute Gasteiger partial charge is 0.410 e. The van der Waals surface area contributed by atoms with Gasteiger partial charge in [0.05, 0.1) is 17.1 Å². The Morgan fingerprint density at radius 3 is 2.14 bits per heavy atom. The van der Waals surface area contributed by atoms with Crippen LogP contribution in [0.1, 0.15) is 71.6 Å². The van der Waals surface area contributed by atoms with Crippen molar-refractivity contribution in [3.63, 3.8) is 0 Å². The van der Waals surface area contributed by atoms with Gasteiger partial charge in [-0.25, -0.2) is 4.79 Å². The Morgan fingerprint density at radius 1 is 1.03 bits per heavy atom. The highest BCUT2D eigenvalue weighted by Gasteiger charge is 2.47. The molecule has 8 heteroatoms. The molecule has 0 spiro atoms. The molecule has 3 atom stereocenters. The molecule has 3 rings (SSSR count). The van der Waals surface area contributed by atoms with E-state index in [-0.39, 0.29) is 35.0 Å². The van der Waals surface area contributed by atoms with Crippen LogP contribution in [0.3, 0.4) is 0 Å². The molecule has 7 nitrogen and oxygen atoms in total. The van der Waals surface area contributed by atoms with Crippen LogP contribution < -0.4 is 0 Å². The van der Waals surface area contributed by atoms with E-state index in [4.69, 9.17) is 9.16 Å². The summed E-state index contributed by atoms with van der Waals surface area (Å²) in [7, 11) is -2.19. The van der Waals surface area contributed by atoms with Crippen molar-refractivity contribution in [3.05, 3.63) is 75.8 Å². The van der Waals surface area contributed by atoms with Gasteiger partial charge in [0.1, 0.15) is 5.60 Å². The summed E-state index contributed by atoms with van der Waals surface area (Å²) >= 11 is 0. The average molecular weight is 527 g/mol. The molecule has 0 aromatic heterocycles. The van der Waals surface area contributed by atoms with E-state index in [1.807, 2.05) is 43.9 Å². The molecular weight excluding hydrogens is 484 g/mol. The highest BCUT2D eigenvalue weighted by atomic mass is 28.4. The molecule has 0 N–H and O–H groups in total. The molecule has 0 radical (unpaired) electrons. The predicted molar refractivity (Wildman–Crippen MR) is 149 cm³/mol.